The average Bonchev–Trinajstić information content (AvgIpc) is 3.09. The minimum absolute atomic E-state index is 0.0333. The molecule has 4 aliphatic carbocycles. The zero-order chi connectivity index (χ0) is 23.3. The first kappa shape index (κ1) is 24.9. The van der Waals surface area contributed by atoms with Crippen molar-refractivity contribution in [2.45, 2.75) is 111 Å². The molecule has 4 aliphatic rings. The Balaban J connectivity index is 1.48. The van der Waals surface area contributed by atoms with Gasteiger partial charge in [-0.2, -0.15) is 0 Å². The number of aliphatic hydroxyl groups is 4. The molecule has 4 nitrogen and oxygen atoms in total. The van der Waals surface area contributed by atoms with Gasteiger partial charge in [-0.05, 0) is 104 Å². The lowest BCUT2D eigenvalue weighted by molar-refractivity contribution is -0.210. The molecule has 0 bridgehead atoms. The van der Waals surface area contributed by atoms with E-state index in [-0.39, 0.29) is 42.2 Å². The molecule has 32 heavy (non-hydrogen) atoms. The maximum absolute atomic E-state index is 11.5. The van der Waals surface area contributed by atoms with Crippen molar-refractivity contribution in [1.29, 1.82) is 0 Å². The Morgan fingerprint density at radius 2 is 1.56 bits per heavy atom. The van der Waals surface area contributed by atoms with Crippen molar-refractivity contribution >= 4 is 0 Å². The molecular weight excluding hydrogens is 400 g/mol. The van der Waals surface area contributed by atoms with E-state index in [1.165, 1.54) is 32.1 Å². The number of aliphatic hydroxyl groups excluding tert-OH is 4. The molecule has 4 fully saturated rings. The van der Waals surface area contributed by atoms with Crippen LogP contribution in [-0.4, -0.2) is 45.8 Å². The second-order valence-electron chi connectivity index (χ2n) is 13.3. The normalized spacial score (nSPS) is 49.4. The molecule has 0 unspecified atom stereocenters. The van der Waals surface area contributed by atoms with Gasteiger partial charge in [0.2, 0.25) is 0 Å². The van der Waals surface area contributed by atoms with Gasteiger partial charge in [-0.25, -0.2) is 0 Å². The molecule has 0 radical (unpaired) electrons. The molecule has 0 amide bonds. The van der Waals surface area contributed by atoms with E-state index in [2.05, 4.69) is 27.7 Å². The van der Waals surface area contributed by atoms with Gasteiger partial charge in [0.25, 0.3) is 0 Å². The lowest BCUT2D eigenvalue weighted by Gasteiger charge is -2.66. The second kappa shape index (κ2) is 9.13. The maximum atomic E-state index is 11.5. The summed E-state index contributed by atoms with van der Waals surface area (Å²) in [5.74, 6) is 3.05. The molecule has 4 heteroatoms. The van der Waals surface area contributed by atoms with Gasteiger partial charge in [0, 0.05) is 19.1 Å². The molecule has 0 spiro atoms. The SMILES string of the molecule is C[C@H](CCCC(CO)CO)[C@H]1CC[C@H]2[C@@H]3[C@H](O)C[C@]4(C)C[C@H](O)CC[C@]4(C)[C@H]3CC[C@]12C. The fraction of sp³-hybridized carbons (Fsp3) is 1.00. The molecule has 0 heterocycles. The summed E-state index contributed by atoms with van der Waals surface area (Å²) < 4.78 is 0. The zero-order valence-electron chi connectivity index (χ0n) is 21.1. The van der Waals surface area contributed by atoms with Gasteiger partial charge in [-0.1, -0.05) is 40.5 Å². The molecule has 0 aromatic heterocycles. The fourth-order valence-electron chi connectivity index (χ4n) is 9.79. The predicted octanol–water partition coefficient (Wildman–Crippen LogP) is 4.77. The summed E-state index contributed by atoms with van der Waals surface area (Å²) in [7, 11) is 0. The van der Waals surface area contributed by atoms with Crippen molar-refractivity contribution in [2.75, 3.05) is 13.2 Å². The van der Waals surface area contributed by atoms with Crippen LogP contribution in [0.1, 0.15) is 98.3 Å². The van der Waals surface area contributed by atoms with Crippen LogP contribution in [0.3, 0.4) is 0 Å². The minimum Gasteiger partial charge on any atom is -0.396 e. The lowest BCUT2D eigenvalue weighted by atomic mass is 9.39. The van der Waals surface area contributed by atoms with Crippen LogP contribution in [0.15, 0.2) is 0 Å². The van der Waals surface area contributed by atoms with Gasteiger partial charge >= 0.3 is 0 Å². The van der Waals surface area contributed by atoms with Crippen LogP contribution in [0.2, 0.25) is 0 Å². The first-order chi connectivity index (χ1) is 15.1. The van der Waals surface area contributed by atoms with Crippen LogP contribution in [0, 0.1) is 51.8 Å². The van der Waals surface area contributed by atoms with E-state index >= 15 is 0 Å². The first-order valence-corrected chi connectivity index (χ1v) is 13.7. The minimum atomic E-state index is -0.225. The Bertz CT molecular complexity index is 649. The maximum Gasteiger partial charge on any atom is 0.0579 e. The number of hydrogen-bond donors (Lipinski definition) is 4. The summed E-state index contributed by atoms with van der Waals surface area (Å²) in [6, 6.07) is 0. The van der Waals surface area contributed by atoms with Crippen molar-refractivity contribution in [3.8, 4) is 0 Å². The molecule has 4 N–H and O–H groups in total. The largest absolute Gasteiger partial charge is 0.396 e. The van der Waals surface area contributed by atoms with Gasteiger partial charge in [-0.15, -0.1) is 0 Å². The van der Waals surface area contributed by atoms with Crippen LogP contribution in [-0.2, 0) is 0 Å². The summed E-state index contributed by atoms with van der Waals surface area (Å²) in [4.78, 5) is 0. The average molecular weight is 451 g/mol. The molecule has 0 aromatic rings. The Morgan fingerprint density at radius 3 is 2.25 bits per heavy atom. The van der Waals surface area contributed by atoms with Crippen molar-refractivity contribution < 1.29 is 20.4 Å². The van der Waals surface area contributed by atoms with E-state index in [9.17, 15) is 20.4 Å². The van der Waals surface area contributed by atoms with Crippen LogP contribution in [0.25, 0.3) is 0 Å². The van der Waals surface area contributed by atoms with Crippen molar-refractivity contribution in [3.63, 3.8) is 0 Å². The lowest BCUT2D eigenvalue weighted by Crippen LogP contribution is -2.62. The third-order valence-corrected chi connectivity index (χ3v) is 11.9. The van der Waals surface area contributed by atoms with E-state index in [0.717, 1.165) is 44.4 Å². The summed E-state index contributed by atoms with van der Waals surface area (Å²) in [5.41, 5.74) is 0.623. The summed E-state index contributed by atoms with van der Waals surface area (Å²) >= 11 is 0. The molecule has 4 saturated carbocycles. The Morgan fingerprint density at radius 1 is 0.844 bits per heavy atom. The summed E-state index contributed by atoms with van der Waals surface area (Å²) in [6.45, 7) is 10.00. The van der Waals surface area contributed by atoms with Gasteiger partial charge in [0.05, 0.1) is 12.2 Å². The number of hydrogen-bond acceptors (Lipinski definition) is 4. The molecule has 0 aliphatic heterocycles. The van der Waals surface area contributed by atoms with Crippen molar-refractivity contribution in [2.24, 2.45) is 51.8 Å². The highest BCUT2D eigenvalue weighted by molar-refractivity contribution is 5.14. The highest BCUT2D eigenvalue weighted by atomic mass is 16.3. The van der Waals surface area contributed by atoms with E-state index in [4.69, 9.17) is 0 Å². The molecule has 4 rings (SSSR count). The van der Waals surface area contributed by atoms with Gasteiger partial charge < -0.3 is 20.4 Å². The monoisotopic (exact) mass is 450 g/mol. The summed E-state index contributed by atoms with van der Waals surface area (Å²) in [5, 5.41) is 40.7. The Kier molecular flexibility index (Phi) is 7.12. The Hall–Kier alpha value is -0.160. The quantitative estimate of drug-likeness (QED) is 0.450. The first-order valence-electron chi connectivity index (χ1n) is 13.7. The second-order valence-corrected chi connectivity index (χ2v) is 13.3. The van der Waals surface area contributed by atoms with Crippen LogP contribution in [0.4, 0.5) is 0 Å². The van der Waals surface area contributed by atoms with E-state index in [0.29, 0.717) is 29.1 Å². The highest BCUT2D eigenvalue weighted by Crippen LogP contribution is 2.71. The van der Waals surface area contributed by atoms with Gasteiger partial charge in [0.1, 0.15) is 0 Å². The molecule has 186 valence electrons. The smallest absolute Gasteiger partial charge is 0.0579 e. The van der Waals surface area contributed by atoms with Gasteiger partial charge in [-0.3, -0.25) is 0 Å². The van der Waals surface area contributed by atoms with Gasteiger partial charge in [0.15, 0.2) is 0 Å². The van der Waals surface area contributed by atoms with Crippen LogP contribution >= 0.6 is 0 Å². The van der Waals surface area contributed by atoms with Crippen LogP contribution < -0.4 is 0 Å². The van der Waals surface area contributed by atoms with Crippen LogP contribution in [0.5, 0.6) is 0 Å². The third-order valence-electron chi connectivity index (χ3n) is 11.9. The molecule has 0 saturated heterocycles. The highest BCUT2D eigenvalue weighted by Gasteiger charge is 2.65. The van der Waals surface area contributed by atoms with E-state index in [1.807, 2.05) is 0 Å². The molecule has 0 aromatic carbocycles. The fourth-order valence-corrected chi connectivity index (χ4v) is 9.79. The number of fused-ring (bicyclic) bond motifs is 5. The Labute approximate surface area is 196 Å². The third kappa shape index (κ3) is 3.89. The van der Waals surface area contributed by atoms with E-state index in [1.54, 1.807) is 0 Å². The molecular formula is C28H50O4. The number of rotatable bonds is 7. The van der Waals surface area contributed by atoms with Crippen molar-refractivity contribution in [1.82, 2.24) is 0 Å². The topological polar surface area (TPSA) is 80.9 Å². The predicted molar refractivity (Wildman–Crippen MR) is 128 cm³/mol. The summed E-state index contributed by atoms with van der Waals surface area (Å²) in [6.07, 6.45) is 11.6. The molecule has 10 atom stereocenters. The standard InChI is InChI=1S/C28H50O4/c1-18(6-5-7-19(16-29)17-30)21-8-9-22-25-23(11-12-27(21,22)3)28(4)13-10-20(31)14-26(28,2)15-24(25)32/h18-25,29-32H,5-17H2,1-4H3/t18-,20-,21-,22+,23+,24-,25+,26+,27-,28-/m1/s1. The van der Waals surface area contributed by atoms with Crippen molar-refractivity contribution in [3.05, 3.63) is 0 Å². The van der Waals surface area contributed by atoms with E-state index < -0.39 is 0 Å². The zero-order valence-corrected chi connectivity index (χ0v) is 21.1.